The molecule has 3 N–H and O–H groups in total. The van der Waals surface area contributed by atoms with Gasteiger partial charge in [0.15, 0.2) is 0 Å². The van der Waals surface area contributed by atoms with Crippen LogP contribution in [0.2, 0.25) is 0 Å². The number of nitrogens with one attached hydrogen (secondary N) is 1. The topological polar surface area (TPSA) is 67.5 Å². The normalized spacial score (nSPS) is 33.8. The van der Waals surface area contributed by atoms with Crippen LogP contribution in [-0.4, -0.2) is 18.2 Å². The molecular weight excluding hydrogens is 437 g/mol. The molecule has 4 nitrogen and oxygen atoms in total. The van der Waals surface area contributed by atoms with E-state index in [-0.39, 0.29) is 23.1 Å². The minimum Gasteiger partial charge on any atom is -0.394 e. The summed E-state index contributed by atoms with van der Waals surface area (Å²) in [5, 5.41) is 3.23. The van der Waals surface area contributed by atoms with Crippen molar-refractivity contribution in [1.82, 2.24) is 5.32 Å². The molecule has 4 bridgehead atoms. The Morgan fingerprint density at radius 2 is 1.74 bits per heavy atom. The van der Waals surface area contributed by atoms with E-state index in [4.69, 9.17) is 10.7 Å². The summed E-state index contributed by atoms with van der Waals surface area (Å²) in [6.45, 7) is 0.732. The highest BCUT2D eigenvalue weighted by Gasteiger charge is 2.55. The highest BCUT2D eigenvalue weighted by molar-refractivity contribution is 6.12. The lowest BCUT2D eigenvalue weighted by Crippen LogP contribution is -2.42. The molecule has 0 saturated heterocycles. The Balaban J connectivity index is 1.28. The first-order chi connectivity index (χ1) is 17.0. The van der Waals surface area contributed by atoms with Gasteiger partial charge in [-0.25, -0.2) is 4.39 Å². The average Bonchev–Trinajstić information content (AvgIpc) is 3.30. The van der Waals surface area contributed by atoms with E-state index in [0.717, 1.165) is 60.4 Å². The number of carbonyl (C=O) groups is 1. The van der Waals surface area contributed by atoms with Gasteiger partial charge in [0, 0.05) is 18.0 Å². The van der Waals surface area contributed by atoms with E-state index in [1.165, 1.54) is 44.2 Å². The zero-order valence-electron chi connectivity index (χ0n) is 20.2. The summed E-state index contributed by atoms with van der Waals surface area (Å²) in [7, 11) is 0. The maximum atomic E-state index is 13.5. The van der Waals surface area contributed by atoms with E-state index in [1.54, 1.807) is 12.1 Å². The molecule has 0 heterocycles. The summed E-state index contributed by atoms with van der Waals surface area (Å²) in [5.74, 6) is 2.20. The van der Waals surface area contributed by atoms with Crippen molar-refractivity contribution in [2.45, 2.75) is 57.3 Å². The lowest BCUT2D eigenvalue weighted by molar-refractivity contribution is -0.118. The largest absolute Gasteiger partial charge is 0.394 e. The number of halogens is 1. The van der Waals surface area contributed by atoms with Gasteiger partial charge in [-0.05, 0) is 104 Å². The second kappa shape index (κ2) is 8.92. The van der Waals surface area contributed by atoms with Crippen LogP contribution in [0, 0.1) is 29.0 Å². The minimum absolute atomic E-state index is 0.0518. The third-order valence-electron chi connectivity index (χ3n) is 9.08. The van der Waals surface area contributed by atoms with Crippen molar-refractivity contribution in [2.75, 3.05) is 6.54 Å². The number of hydrogen-bond acceptors (Lipinski definition) is 3. The van der Waals surface area contributed by atoms with Crippen molar-refractivity contribution in [2.24, 2.45) is 33.9 Å². The van der Waals surface area contributed by atoms with Crippen LogP contribution in [0.1, 0.15) is 62.8 Å². The molecule has 0 radical (unpaired) electrons. The van der Waals surface area contributed by atoms with Gasteiger partial charge in [0.25, 0.3) is 5.91 Å². The highest BCUT2D eigenvalue weighted by Crippen LogP contribution is 2.63. The zero-order chi connectivity index (χ0) is 24.0. The molecule has 0 aromatic heterocycles. The Morgan fingerprint density at radius 3 is 2.43 bits per heavy atom. The molecule has 5 saturated carbocycles. The average molecular weight is 472 g/mol. The lowest BCUT2D eigenvalue weighted by Gasteiger charge is -2.38. The van der Waals surface area contributed by atoms with Crippen molar-refractivity contribution in [1.29, 1.82) is 0 Å². The maximum absolute atomic E-state index is 13.5. The monoisotopic (exact) mass is 471 g/mol. The molecule has 3 atom stereocenters. The van der Waals surface area contributed by atoms with Gasteiger partial charge in [-0.2, -0.15) is 0 Å². The first kappa shape index (κ1) is 22.5. The number of carbonyl (C=O) groups excluding carboxylic acids is 1. The summed E-state index contributed by atoms with van der Waals surface area (Å²) in [6, 6.07) is 16.5. The summed E-state index contributed by atoms with van der Waals surface area (Å²) in [4.78, 5) is 18.3. The molecule has 5 aliphatic rings. The first-order valence-electron chi connectivity index (χ1n) is 13.2. The fourth-order valence-corrected chi connectivity index (χ4v) is 7.74. The van der Waals surface area contributed by atoms with E-state index < -0.39 is 0 Å². The number of rotatable bonds is 5. The van der Waals surface area contributed by atoms with Gasteiger partial charge < -0.3 is 11.1 Å². The molecular formula is C30H34FN3O. The fourth-order valence-electron chi connectivity index (χ4n) is 7.74. The van der Waals surface area contributed by atoms with Gasteiger partial charge in [-0.3, -0.25) is 9.79 Å². The highest BCUT2D eigenvalue weighted by atomic mass is 19.1. The summed E-state index contributed by atoms with van der Waals surface area (Å²) in [6.07, 6.45) is 9.18. The van der Waals surface area contributed by atoms with Crippen LogP contribution in [0.3, 0.4) is 0 Å². The number of nitrogens with zero attached hydrogens (tertiary/aromatic N) is 1. The van der Waals surface area contributed by atoms with Crippen molar-refractivity contribution in [3.05, 3.63) is 77.2 Å². The van der Waals surface area contributed by atoms with Gasteiger partial charge >= 0.3 is 0 Å². The zero-order valence-corrected chi connectivity index (χ0v) is 20.2. The molecule has 5 fully saturated rings. The summed E-state index contributed by atoms with van der Waals surface area (Å²) < 4.78 is 13.5. The van der Waals surface area contributed by atoms with Gasteiger partial charge in [0.05, 0.1) is 11.4 Å². The molecule has 5 aliphatic carbocycles. The standard InChI is InChI=1S/C30H34FN3O/c31-23-9-11-24(12-10-23)34-28-25(20-5-2-1-3-6-20)7-4-8-26(28)27(32)29(35)33-18-30-15-19-13-21(16-30)22(14-19)17-30/h1-3,5-6,9-12,19,21-22,25H,4,7-8,13-18,32H2,(H,33,35). The molecule has 0 aliphatic heterocycles. The number of amides is 1. The van der Waals surface area contributed by atoms with Crippen LogP contribution in [-0.2, 0) is 4.79 Å². The smallest absolute Gasteiger partial charge is 0.267 e. The van der Waals surface area contributed by atoms with Crippen LogP contribution < -0.4 is 11.1 Å². The first-order valence-corrected chi connectivity index (χ1v) is 13.2. The van der Waals surface area contributed by atoms with E-state index in [9.17, 15) is 9.18 Å². The molecule has 182 valence electrons. The van der Waals surface area contributed by atoms with Crippen LogP contribution in [0.5, 0.6) is 0 Å². The van der Waals surface area contributed by atoms with Crippen molar-refractivity contribution < 1.29 is 9.18 Å². The van der Waals surface area contributed by atoms with E-state index >= 15 is 0 Å². The Hall–Kier alpha value is -2.95. The summed E-state index contributed by atoms with van der Waals surface area (Å²) in [5.41, 5.74) is 10.6. The quantitative estimate of drug-likeness (QED) is 0.524. The van der Waals surface area contributed by atoms with Gasteiger partial charge in [0.1, 0.15) is 11.5 Å². The number of hydrogen-bond donors (Lipinski definition) is 2. The predicted molar refractivity (Wildman–Crippen MR) is 137 cm³/mol. The maximum Gasteiger partial charge on any atom is 0.267 e. The molecule has 2 aromatic rings. The van der Waals surface area contributed by atoms with Gasteiger partial charge in [0.2, 0.25) is 0 Å². The third kappa shape index (κ3) is 4.30. The van der Waals surface area contributed by atoms with Crippen molar-refractivity contribution in [3.8, 4) is 0 Å². The Kier molecular flexibility index (Phi) is 5.74. The second-order valence-electron chi connectivity index (χ2n) is 11.4. The summed E-state index contributed by atoms with van der Waals surface area (Å²) >= 11 is 0. The second-order valence-corrected chi connectivity index (χ2v) is 11.4. The minimum atomic E-state index is -0.291. The van der Waals surface area contributed by atoms with E-state index in [1.807, 2.05) is 18.2 Å². The molecule has 5 heteroatoms. The predicted octanol–water partition coefficient (Wildman–Crippen LogP) is 6.02. The van der Waals surface area contributed by atoms with Crippen molar-refractivity contribution >= 4 is 17.3 Å². The molecule has 3 unspecified atom stereocenters. The Labute approximate surface area is 206 Å². The fraction of sp³-hybridized carbons (Fsp3) is 0.467. The van der Waals surface area contributed by atoms with E-state index in [0.29, 0.717) is 11.4 Å². The number of nitrogens with two attached hydrogens (primary N) is 1. The number of allylic oxidation sites excluding steroid dienone is 1. The van der Waals surface area contributed by atoms with Crippen LogP contribution in [0.4, 0.5) is 10.1 Å². The van der Waals surface area contributed by atoms with Gasteiger partial charge in [-0.1, -0.05) is 30.3 Å². The molecule has 7 rings (SSSR count). The number of aliphatic imine (C=N–C) groups is 1. The van der Waals surface area contributed by atoms with Crippen molar-refractivity contribution in [3.63, 3.8) is 0 Å². The van der Waals surface area contributed by atoms with Crippen LogP contribution in [0.25, 0.3) is 0 Å². The molecule has 1 amide bonds. The molecule has 0 spiro atoms. The number of benzene rings is 2. The van der Waals surface area contributed by atoms with Crippen LogP contribution >= 0.6 is 0 Å². The lowest BCUT2D eigenvalue weighted by atomic mass is 9.69. The molecule has 35 heavy (non-hydrogen) atoms. The molecule has 2 aromatic carbocycles. The van der Waals surface area contributed by atoms with E-state index in [2.05, 4.69) is 17.4 Å². The Bertz CT molecular complexity index is 1150. The van der Waals surface area contributed by atoms with Gasteiger partial charge in [-0.15, -0.1) is 0 Å². The van der Waals surface area contributed by atoms with Crippen LogP contribution in [0.15, 0.2) is 70.9 Å². The SMILES string of the molecule is NC(C(=O)NCC12CC3CC(C1)C(C3)C2)=C1CCCC(c2ccccc2)C1=Nc1ccc(F)cc1. The Morgan fingerprint density at radius 1 is 1.03 bits per heavy atom. The third-order valence-corrected chi connectivity index (χ3v) is 9.08.